The molecule has 0 aromatic heterocycles. The fourth-order valence-corrected chi connectivity index (χ4v) is 2.22. The van der Waals surface area contributed by atoms with Crippen molar-refractivity contribution in [3.8, 4) is 12.3 Å². The van der Waals surface area contributed by atoms with Crippen molar-refractivity contribution in [1.29, 1.82) is 0 Å². The molecule has 5 heteroatoms. The number of carbonyl (C=O) groups is 2. The highest BCUT2D eigenvalue weighted by Crippen LogP contribution is 2.29. The molecule has 0 unspecified atom stereocenters. The van der Waals surface area contributed by atoms with Crippen molar-refractivity contribution in [2.75, 3.05) is 19.6 Å². The van der Waals surface area contributed by atoms with Gasteiger partial charge in [0.1, 0.15) is 5.54 Å². The first-order valence-electron chi connectivity index (χ1n) is 7.17. The van der Waals surface area contributed by atoms with Gasteiger partial charge < -0.3 is 10.4 Å². The highest BCUT2D eigenvalue weighted by molar-refractivity contribution is 5.80. The lowest BCUT2D eigenvalue weighted by atomic mass is 9.94. The molecule has 0 saturated heterocycles. The maximum Gasteiger partial charge on any atom is 0.317 e. The molecule has 0 heterocycles. The van der Waals surface area contributed by atoms with Crippen LogP contribution in [0.4, 0.5) is 0 Å². The SMILES string of the molecule is C#CC(CC)(CC)NC(=O)CN(CC(=O)O)CC1CC1. The average molecular weight is 280 g/mol. The Morgan fingerprint density at radius 2 is 1.95 bits per heavy atom. The van der Waals surface area contributed by atoms with Gasteiger partial charge in [-0.25, -0.2) is 0 Å². The molecule has 1 fully saturated rings. The molecule has 112 valence electrons. The van der Waals surface area contributed by atoms with Gasteiger partial charge in [-0.1, -0.05) is 19.8 Å². The van der Waals surface area contributed by atoms with Crippen LogP contribution in [0.15, 0.2) is 0 Å². The van der Waals surface area contributed by atoms with Crippen molar-refractivity contribution in [3.63, 3.8) is 0 Å². The second kappa shape index (κ2) is 7.30. The molecule has 0 aliphatic heterocycles. The number of amides is 1. The van der Waals surface area contributed by atoms with Crippen molar-refractivity contribution >= 4 is 11.9 Å². The fourth-order valence-electron chi connectivity index (χ4n) is 2.22. The predicted molar refractivity (Wildman–Crippen MR) is 77.1 cm³/mol. The quantitative estimate of drug-likeness (QED) is 0.620. The molecule has 5 nitrogen and oxygen atoms in total. The number of hydrogen-bond acceptors (Lipinski definition) is 3. The van der Waals surface area contributed by atoms with Gasteiger partial charge in [-0.2, -0.15) is 0 Å². The van der Waals surface area contributed by atoms with E-state index >= 15 is 0 Å². The Balaban J connectivity index is 2.55. The molecule has 0 bridgehead atoms. The van der Waals surface area contributed by atoms with Crippen molar-refractivity contribution in [3.05, 3.63) is 0 Å². The Hall–Kier alpha value is -1.54. The molecule has 0 spiro atoms. The molecule has 1 aliphatic rings. The van der Waals surface area contributed by atoms with E-state index in [9.17, 15) is 9.59 Å². The van der Waals surface area contributed by atoms with Crippen molar-refractivity contribution in [2.24, 2.45) is 5.92 Å². The van der Waals surface area contributed by atoms with Gasteiger partial charge in [-0.05, 0) is 31.6 Å². The van der Waals surface area contributed by atoms with Crippen LogP contribution in [0.3, 0.4) is 0 Å². The van der Waals surface area contributed by atoms with Crippen LogP contribution in [0.5, 0.6) is 0 Å². The van der Waals surface area contributed by atoms with Crippen LogP contribution < -0.4 is 5.32 Å². The second-order valence-corrected chi connectivity index (χ2v) is 5.49. The van der Waals surface area contributed by atoms with Gasteiger partial charge >= 0.3 is 5.97 Å². The lowest BCUT2D eigenvalue weighted by Gasteiger charge is -2.28. The summed E-state index contributed by atoms with van der Waals surface area (Å²) in [6.07, 6.45) is 9.07. The average Bonchev–Trinajstić information content (AvgIpc) is 3.19. The van der Waals surface area contributed by atoms with E-state index in [1.54, 1.807) is 4.90 Å². The largest absolute Gasteiger partial charge is 0.480 e. The third-order valence-corrected chi connectivity index (χ3v) is 3.80. The topological polar surface area (TPSA) is 69.6 Å². The number of nitrogens with one attached hydrogen (secondary N) is 1. The number of carbonyl (C=O) groups excluding carboxylic acids is 1. The number of rotatable bonds is 9. The van der Waals surface area contributed by atoms with Gasteiger partial charge in [-0.3, -0.25) is 14.5 Å². The summed E-state index contributed by atoms with van der Waals surface area (Å²) in [5.41, 5.74) is -0.619. The van der Waals surface area contributed by atoms with E-state index in [0.29, 0.717) is 25.3 Å². The van der Waals surface area contributed by atoms with E-state index in [1.807, 2.05) is 13.8 Å². The molecule has 1 amide bonds. The van der Waals surface area contributed by atoms with Crippen molar-refractivity contribution in [1.82, 2.24) is 10.2 Å². The van der Waals surface area contributed by atoms with E-state index < -0.39 is 11.5 Å². The Bertz CT molecular complexity index is 392. The van der Waals surface area contributed by atoms with Crippen molar-refractivity contribution < 1.29 is 14.7 Å². The summed E-state index contributed by atoms with van der Waals surface area (Å²) in [5.74, 6) is 2.07. The fraction of sp³-hybridized carbons (Fsp3) is 0.733. The predicted octanol–water partition coefficient (Wildman–Crippen LogP) is 1.09. The Labute approximate surface area is 120 Å². The van der Waals surface area contributed by atoms with Gasteiger partial charge in [0.15, 0.2) is 0 Å². The van der Waals surface area contributed by atoms with Gasteiger partial charge in [0.25, 0.3) is 0 Å². The summed E-state index contributed by atoms with van der Waals surface area (Å²) in [4.78, 5) is 24.6. The van der Waals surface area contributed by atoms with Crippen LogP contribution in [0.25, 0.3) is 0 Å². The number of carboxylic acids is 1. The van der Waals surface area contributed by atoms with Crippen LogP contribution in [-0.4, -0.2) is 47.1 Å². The molecule has 0 aromatic rings. The van der Waals surface area contributed by atoms with E-state index in [4.69, 9.17) is 11.5 Å². The molecule has 20 heavy (non-hydrogen) atoms. The van der Waals surface area contributed by atoms with Gasteiger partial charge in [-0.15, -0.1) is 6.42 Å². The first-order chi connectivity index (χ1) is 9.44. The minimum Gasteiger partial charge on any atom is -0.480 e. The highest BCUT2D eigenvalue weighted by atomic mass is 16.4. The zero-order chi connectivity index (χ0) is 15.2. The van der Waals surface area contributed by atoms with Crippen LogP contribution >= 0.6 is 0 Å². The first-order valence-corrected chi connectivity index (χ1v) is 7.17. The summed E-state index contributed by atoms with van der Waals surface area (Å²) in [6.45, 7) is 4.52. The molecular formula is C15H24N2O3. The Morgan fingerprint density at radius 3 is 2.35 bits per heavy atom. The summed E-state index contributed by atoms with van der Waals surface area (Å²) < 4.78 is 0. The zero-order valence-electron chi connectivity index (χ0n) is 12.3. The summed E-state index contributed by atoms with van der Waals surface area (Å²) in [5, 5.41) is 11.8. The van der Waals surface area contributed by atoms with Crippen LogP contribution in [0, 0.1) is 18.3 Å². The summed E-state index contributed by atoms with van der Waals surface area (Å²) in [7, 11) is 0. The molecule has 1 saturated carbocycles. The summed E-state index contributed by atoms with van der Waals surface area (Å²) >= 11 is 0. The van der Waals surface area contributed by atoms with E-state index in [-0.39, 0.29) is 19.0 Å². The van der Waals surface area contributed by atoms with Gasteiger partial charge in [0.2, 0.25) is 5.91 Å². The third kappa shape index (κ3) is 5.22. The number of nitrogens with zero attached hydrogens (tertiary/aromatic N) is 1. The second-order valence-electron chi connectivity index (χ2n) is 5.49. The molecule has 1 rings (SSSR count). The molecule has 0 radical (unpaired) electrons. The number of hydrogen-bond donors (Lipinski definition) is 2. The minimum absolute atomic E-state index is 0.0895. The van der Waals surface area contributed by atoms with Gasteiger partial charge in [0, 0.05) is 6.54 Å². The van der Waals surface area contributed by atoms with E-state index in [2.05, 4.69) is 11.2 Å². The molecular weight excluding hydrogens is 256 g/mol. The third-order valence-electron chi connectivity index (χ3n) is 3.80. The van der Waals surface area contributed by atoms with E-state index in [0.717, 1.165) is 12.8 Å². The lowest BCUT2D eigenvalue weighted by molar-refractivity contribution is -0.138. The number of terminal acetylenes is 1. The highest BCUT2D eigenvalue weighted by Gasteiger charge is 2.29. The van der Waals surface area contributed by atoms with E-state index in [1.165, 1.54) is 0 Å². The Morgan fingerprint density at radius 1 is 1.35 bits per heavy atom. The first kappa shape index (κ1) is 16.5. The molecule has 2 N–H and O–H groups in total. The molecule has 1 aliphatic carbocycles. The maximum atomic E-state index is 12.1. The number of carboxylic acid groups (broad SMARTS) is 1. The van der Waals surface area contributed by atoms with Crippen LogP contribution in [0.2, 0.25) is 0 Å². The zero-order valence-corrected chi connectivity index (χ0v) is 12.3. The van der Waals surface area contributed by atoms with Crippen LogP contribution in [0.1, 0.15) is 39.5 Å². The van der Waals surface area contributed by atoms with Crippen LogP contribution in [-0.2, 0) is 9.59 Å². The monoisotopic (exact) mass is 280 g/mol. The standard InChI is InChI=1S/C15H24N2O3/c1-4-15(5-2,6-3)16-13(18)10-17(11-14(19)20)9-12-7-8-12/h1,12H,5-11H2,2-3H3,(H,16,18)(H,19,20). The van der Waals surface area contributed by atoms with Gasteiger partial charge in [0.05, 0.1) is 13.1 Å². The minimum atomic E-state index is -0.910. The Kier molecular flexibility index (Phi) is 6.03. The lowest BCUT2D eigenvalue weighted by Crippen LogP contribution is -2.50. The smallest absolute Gasteiger partial charge is 0.317 e. The normalized spacial score (nSPS) is 14.9. The summed E-state index contributed by atoms with van der Waals surface area (Å²) in [6, 6.07) is 0. The van der Waals surface area contributed by atoms with Crippen molar-refractivity contribution in [2.45, 2.75) is 45.1 Å². The molecule has 0 atom stereocenters. The maximum absolute atomic E-state index is 12.1. The molecule has 0 aromatic carbocycles. The number of aliphatic carboxylic acids is 1.